The Bertz CT molecular complexity index is 873. The van der Waals surface area contributed by atoms with Crippen molar-refractivity contribution in [3.8, 4) is 0 Å². The molecule has 0 atom stereocenters. The number of amides is 1. The van der Waals surface area contributed by atoms with Crippen LogP contribution in [-0.4, -0.2) is 31.7 Å². The number of carbonyl (C=O) groups is 1. The van der Waals surface area contributed by atoms with Gasteiger partial charge in [0.15, 0.2) is 0 Å². The third kappa shape index (κ3) is 3.95. The minimum atomic E-state index is -3.61. The van der Waals surface area contributed by atoms with Crippen molar-refractivity contribution < 1.29 is 17.6 Å². The van der Waals surface area contributed by atoms with Gasteiger partial charge in [0.05, 0.1) is 17.7 Å². The highest BCUT2D eigenvalue weighted by molar-refractivity contribution is 7.89. The summed E-state index contributed by atoms with van der Waals surface area (Å²) < 4.78 is 32.4. The number of sulfonamides is 1. The average Bonchev–Trinajstić information content (AvgIpc) is 3.15. The maximum absolute atomic E-state index is 12.9. The van der Waals surface area contributed by atoms with Crippen LogP contribution in [0.4, 0.5) is 0 Å². The van der Waals surface area contributed by atoms with E-state index in [0.717, 1.165) is 0 Å². The molecular formula is C18H21ClN2O4S. The molecule has 1 N–H and O–H groups in total. The fraction of sp³-hybridized carbons (Fsp3) is 0.389. The number of halogens is 1. The van der Waals surface area contributed by atoms with E-state index in [1.807, 2.05) is 0 Å². The lowest BCUT2D eigenvalue weighted by molar-refractivity contribution is -0.126. The maximum atomic E-state index is 12.9. The van der Waals surface area contributed by atoms with Crippen LogP contribution < -0.4 is 5.32 Å². The summed E-state index contributed by atoms with van der Waals surface area (Å²) in [6.45, 7) is 2.66. The van der Waals surface area contributed by atoms with E-state index in [0.29, 0.717) is 48.8 Å². The van der Waals surface area contributed by atoms with Crippen molar-refractivity contribution in [1.82, 2.24) is 9.62 Å². The topological polar surface area (TPSA) is 79.6 Å². The molecule has 1 aliphatic heterocycles. The molecular weight excluding hydrogens is 376 g/mol. The largest absolute Gasteiger partial charge is 0.467 e. The molecule has 0 radical (unpaired) electrons. The molecule has 1 fully saturated rings. The first-order chi connectivity index (χ1) is 12.4. The monoisotopic (exact) mass is 396 g/mol. The number of carbonyl (C=O) groups excluding carboxylic acids is 1. The lowest BCUT2D eigenvalue weighted by Crippen LogP contribution is -2.43. The van der Waals surface area contributed by atoms with Gasteiger partial charge in [-0.05, 0) is 49.6 Å². The van der Waals surface area contributed by atoms with Crippen LogP contribution in [0.25, 0.3) is 0 Å². The second-order valence-corrected chi connectivity index (χ2v) is 8.65. The number of nitrogens with one attached hydrogen (secondary N) is 1. The maximum Gasteiger partial charge on any atom is 0.243 e. The first kappa shape index (κ1) is 18.9. The molecule has 3 rings (SSSR count). The molecule has 0 saturated carbocycles. The molecule has 0 spiro atoms. The van der Waals surface area contributed by atoms with E-state index in [2.05, 4.69) is 5.32 Å². The van der Waals surface area contributed by atoms with Crippen LogP contribution in [0.1, 0.15) is 24.2 Å². The van der Waals surface area contributed by atoms with E-state index in [1.54, 1.807) is 43.5 Å². The summed E-state index contributed by atoms with van der Waals surface area (Å²) in [5.74, 6) is 0.420. The van der Waals surface area contributed by atoms with Crippen molar-refractivity contribution in [3.05, 3.63) is 52.9 Å². The number of benzene rings is 1. The Morgan fingerprint density at radius 3 is 2.65 bits per heavy atom. The smallest absolute Gasteiger partial charge is 0.243 e. The molecule has 140 valence electrons. The van der Waals surface area contributed by atoms with Crippen LogP contribution in [0.3, 0.4) is 0 Å². The Morgan fingerprint density at radius 1 is 1.27 bits per heavy atom. The summed E-state index contributed by atoms with van der Waals surface area (Å²) in [5, 5.41) is 3.27. The standard InChI is InChI=1S/C18H21ClN2O4S/c1-13-16(19)5-2-6-17(13)26(23,24)21-9-7-14(8-10-21)18(22)20-12-15-4-3-11-25-15/h2-6,11,14H,7-10,12H2,1H3,(H,20,22). The summed E-state index contributed by atoms with van der Waals surface area (Å²) in [6, 6.07) is 8.44. The predicted octanol–water partition coefficient (Wildman–Crippen LogP) is 2.96. The number of nitrogens with zero attached hydrogens (tertiary/aromatic N) is 1. The summed E-state index contributed by atoms with van der Waals surface area (Å²) in [5.41, 5.74) is 0.549. The lowest BCUT2D eigenvalue weighted by atomic mass is 9.97. The zero-order chi connectivity index (χ0) is 18.7. The van der Waals surface area contributed by atoms with Gasteiger partial charge in [0.2, 0.25) is 15.9 Å². The van der Waals surface area contributed by atoms with Gasteiger partial charge in [-0.1, -0.05) is 17.7 Å². The number of hydrogen-bond donors (Lipinski definition) is 1. The van der Waals surface area contributed by atoms with E-state index in [1.165, 1.54) is 4.31 Å². The van der Waals surface area contributed by atoms with E-state index < -0.39 is 10.0 Å². The SMILES string of the molecule is Cc1c(Cl)cccc1S(=O)(=O)N1CCC(C(=O)NCc2ccco2)CC1. The third-order valence-electron chi connectivity index (χ3n) is 4.68. The third-order valence-corrected chi connectivity index (χ3v) is 7.13. The number of furan rings is 1. The van der Waals surface area contributed by atoms with Gasteiger partial charge in [-0.2, -0.15) is 4.31 Å². The first-order valence-corrected chi connectivity index (χ1v) is 10.3. The molecule has 26 heavy (non-hydrogen) atoms. The highest BCUT2D eigenvalue weighted by atomic mass is 35.5. The van der Waals surface area contributed by atoms with Crippen molar-refractivity contribution in [1.29, 1.82) is 0 Å². The van der Waals surface area contributed by atoms with Crippen molar-refractivity contribution in [3.63, 3.8) is 0 Å². The highest BCUT2D eigenvalue weighted by Gasteiger charge is 2.33. The van der Waals surface area contributed by atoms with Crippen molar-refractivity contribution in [2.24, 2.45) is 5.92 Å². The molecule has 1 amide bonds. The van der Waals surface area contributed by atoms with Gasteiger partial charge in [0.1, 0.15) is 5.76 Å². The van der Waals surface area contributed by atoms with E-state index in [-0.39, 0.29) is 16.7 Å². The van der Waals surface area contributed by atoms with E-state index >= 15 is 0 Å². The summed E-state index contributed by atoms with van der Waals surface area (Å²) >= 11 is 6.06. The zero-order valence-corrected chi connectivity index (χ0v) is 16.0. The van der Waals surface area contributed by atoms with Gasteiger partial charge >= 0.3 is 0 Å². The number of hydrogen-bond acceptors (Lipinski definition) is 4. The quantitative estimate of drug-likeness (QED) is 0.842. The van der Waals surface area contributed by atoms with Gasteiger partial charge in [-0.15, -0.1) is 0 Å². The fourth-order valence-corrected chi connectivity index (χ4v) is 5.04. The minimum absolute atomic E-state index is 0.0719. The lowest BCUT2D eigenvalue weighted by Gasteiger charge is -2.31. The molecule has 0 bridgehead atoms. The minimum Gasteiger partial charge on any atom is -0.467 e. The molecule has 6 nitrogen and oxygen atoms in total. The normalized spacial score (nSPS) is 16.5. The zero-order valence-electron chi connectivity index (χ0n) is 14.4. The Labute approximate surface area is 158 Å². The molecule has 1 aromatic heterocycles. The molecule has 0 aliphatic carbocycles. The van der Waals surface area contributed by atoms with Crippen molar-refractivity contribution in [2.75, 3.05) is 13.1 Å². The van der Waals surface area contributed by atoms with Crippen LogP contribution in [-0.2, 0) is 21.4 Å². The summed E-state index contributed by atoms with van der Waals surface area (Å²) in [7, 11) is -3.61. The van der Waals surface area contributed by atoms with Crippen LogP contribution in [0.2, 0.25) is 5.02 Å². The average molecular weight is 397 g/mol. The van der Waals surface area contributed by atoms with Gasteiger partial charge in [0, 0.05) is 24.0 Å². The van der Waals surface area contributed by atoms with Gasteiger partial charge < -0.3 is 9.73 Å². The summed E-state index contributed by atoms with van der Waals surface area (Å²) in [4.78, 5) is 12.5. The second kappa shape index (κ2) is 7.82. The van der Waals surface area contributed by atoms with Crippen molar-refractivity contribution in [2.45, 2.75) is 31.2 Å². The predicted molar refractivity (Wildman–Crippen MR) is 98.2 cm³/mol. The Morgan fingerprint density at radius 2 is 2.00 bits per heavy atom. The van der Waals surface area contributed by atoms with Gasteiger partial charge in [-0.3, -0.25) is 4.79 Å². The molecule has 2 heterocycles. The fourth-order valence-electron chi connectivity index (χ4n) is 3.10. The Balaban J connectivity index is 1.60. The van der Waals surface area contributed by atoms with E-state index in [4.69, 9.17) is 16.0 Å². The highest BCUT2D eigenvalue weighted by Crippen LogP contribution is 2.28. The first-order valence-electron chi connectivity index (χ1n) is 8.45. The molecule has 1 saturated heterocycles. The number of piperidine rings is 1. The van der Waals surface area contributed by atoms with Crippen LogP contribution in [0.5, 0.6) is 0 Å². The molecule has 1 aromatic carbocycles. The molecule has 8 heteroatoms. The molecule has 1 aliphatic rings. The Hall–Kier alpha value is -1.83. The summed E-state index contributed by atoms with van der Waals surface area (Å²) in [6.07, 6.45) is 2.54. The molecule has 2 aromatic rings. The van der Waals surface area contributed by atoms with E-state index in [9.17, 15) is 13.2 Å². The number of rotatable bonds is 5. The van der Waals surface area contributed by atoms with Crippen LogP contribution in [0.15, 0.2) is 45.9 Å². The second-order valence-electron chi connectivity index (χ2n) is 6.34. The van der Waals surface area contributed by atoms with Gasteiger partial charge in [-0.25, -0.2) is 8.42 Å². The Kier molecular flexibility index (Phi) is 5.70. The van der Waals surface area contributed by atoms with Crippen molar-refractivity contribution >= 4 is 27.5 Å². The molecule has 0 unspecified atom stereocenters. The van der Waals surface area contributed by atoms with Crippen LogP contribution in [0, 0.1) is 12.8 Å². The van der Waals surface area contributed by atoms with Crippen LogP contribution >= 0.6 is 11.6 Å². The van der Waals surface area contributed by atoms with Gasteiger partial charge in [0.25, 0.3) is 0 Å².